The zero-order chi connectivity index (χ0) is 81.9. The molecule has 4 fully saturated rings. The van der Waals surface area contributed by atoms with E-state index in [0.29, 0.717) is 75.9 Å². The number of amides is 5. The largest absolute Gasteiger partial charge is 0.478 e. The molecule has 6 N–H and O–H groups in total. The van der Waals surface area contributed by atoms with E-state index in [-0.39, 0.29) is 59.2 Å². The first-order valence-corrected chi connectivity index (χ1v) is 37.9. The molecule has 10 aromatic rings. The Morgan fingerprint density at radius 2 is 0.903 bits per heavy atom. The predicted molar refractivity (Wildman–Crippen MR) is 447 cm³/mol. The van der Waals surface area contributed by atoms with Crippen molar-refractivity contribution in [3.63, 3.8) is 0 Å². The van der Waals surface area contributed by atoms with Gasteiger partial charge in [0, 0.05) is 148 Å². The van der Waals surface area contributed by atoms with Crippen LogP contribution in [0.2, 0.25) is 25.4 Å². The van der Waals surface area contributed by atoms with E-state index in [1.54, 1.807) is 58.6 Å². The highest BCUT2D eigenvalue weighted by molar-refractivity contribution is 6.32. The van der Waals surface area contributed by atoms with Crippen LogP contribution >= 0.6 is 70.4 Å². The molecule has 4 aliphatic heterocycles. The van der Waals surface area contributed by atoms with Crippen molar-refractivity contribution in [2.75, 3.05) is 70.1 Å². The summed E-state index contributed by atoms with van der Waals surface area (Å²) in [5.74, 6) is 2.29. The maximum Gasteiger partial charge on any atom is 0.410 e. The fourth-order valence-corrected chi connectivity index (χ4v) is 12.8. The molecule has 4 aromatic heterocycles. The van der Waals surface area contributed by atoms with Crippen LogP contribution in [0, 0.1) is 17.8 Å². The number of aromatic nitrogens is 8. The highest BCUT2D eigenvalue weighted by atomic mass is 35.5. The van der Waals surface area contributed by atoms with Crippen LogP contribution in [0.1, 0.15) is 107 Å². The lowest BCUT2D eigenvalue weighted by molar-refractivity contribution is -0.112. The minimum absolute atomic E-state index is 0. The summed E-state index contributed by atoms with van der Waals surface area (Å²) in [6.45, 7) is 24.3. The Balaban J connectivity index is 0.000000194. The molecule has 4 atom stereocenters. The molecule has 31 heteroatoms. The quantitative estimate of drug-likeness (QED) is 0.0560. The zero-order valence-corrected chi connectivity index (χ0v) is 68.0. The van der Waals surface area contributed by atoms with Crippen molar-refractivity contribution in [2.24, 2.45) is 23.5 Å². The summed E-state index contributed by atoms with van der Waals surface area (Å²) in [4.78, 5) is 109. The van der Waals surface area contributed by atoms with E-state index < -0.39 is 24.3 Å². The van der Waals surface area contributed by atoms with Gasteiger partial charge in [0.2, 0.25) is 17.1 Å². The van der Waals surface area contributed by atoms with Gasteiger partial charge < -0.3 is 51.0 Å². The average molecular weight is 1660 g/mol. The summed E-state index contributed by atoms with van der Waals surface area (Å²) in [6, 6.07) is 35.2. The van der Waals surface area contributed by atoms with Crippen molar-refractivity contribution in [1.29, 1.82) is 0 Å². The van der Waals surface area contributed by atoms with Crippen molar-refractivity contribution in [3.05, 3.63) is 225 Å². The number of carboxylic acid groups (broad SMARTS) is 1. The number of benzene rings is 6. The lowest BCUT2D eigenvalue weighted by Crippen LogP contribution is -2.36. The SMILES string of the molecule is C=CC(=O)Nc1ccc(C(=O)N2CC[C@@H](Cc3ncc4cc(Cl)ccc4n3)C2)cc1.C=CC(=O)Nc1ccc(C(=O)O)cc1.CC(C)(C)OC(=O)N1CC[C@@H](Cc2ncc3cc(Cl)ccc3n2)C1.CC(C)(C)OC(=O)N1CC[C@@H](N)C1.Cl.Clc1ccc2nc(C[C@@H]3CCNC3)ncc2c1.Clc1ccc2nc(Cl)ncc2c1.[2H]CF. The van der Waals surface area contributed by atoms with Crippen molar-refractivity contribution in [3.8, 4) is 0 Å². The molecule has 14 rings (SSSR count). The summed E-state index contributed by atoms with van der Waals surface area (Å²) >= 11 is 29.3. The Bertz CT molecular complexity index is 4910. The first kappa shape index (κ1) is 88.7. The summed E-state index contributed by atoms with van der Waals surface area (Å²) in [6.07, 6.45) is 15.4. The number of likely N-dealkylation sites (tertiary alicyclic amines) is 3. The number of carboxylic acids is 1. The van der Waals surface area contributed by atoms with Gasteiger partial charge in [-0.15, -0.1) is 12.4 Å². The van der Waals surface area contributed by atoms with Gasteiger partial charge in [-0.1, -0.05) is 59.6 Å². The average Bonchev–Trinajstić information content (AvgIpc) is 1.68. The Morgan fingerprint density at radius 1 is 0.540 bits per heavy atom. The Hall–Kier alpha value is -9.83. The second kappa shape index (κ2) is 43.4. The highest BCUT2D eigenvalue weighted by Gasteiger charge is 2.32. The minimum Gasteiger partial charge on any atom is -0.478 e. The van der Waals surface area contributed by atoms with Gasteiger partial charge >= 0.3 is 18.2 Å². The number of fused-ring (bicyclic) bond motifs is 4. The smallest absolute Gasteiger partial charge is 0.410 e. The zero-order valence-electron chi connectivity index (χ0n) is 64.4. The Kier molecular flexibility index (Phi) is 34.1. The number of hydrogen-bond donors (Lipinski definition) is 5. The van der Waals surface area contributed by atoms with Gasteiger partial charge in [-0.2, -0.15) is 0 Å². The van der Waals surface area contributed by atoms with Crippen molar-refractivity contribution < 1.29 is 49.1 Å². The molecule has 0 bridgehead atoms. The van der Waals surface area contributed by atoms with Gasteiger partial charge in [-0.05, 0) is 243 Å². The van der Waals surface area contributed by atoms with Gasteiger partial charge in [-0.25, -0.2) is 54.3 Å². The highest BCUT2D eigenvalue weighted by Crippen LogP contribution is 2.28. The third kappa shape index (κ3) is 29.6. The number of anilines is 2. The fraction of sp³-hybridized carbons (Fsp3) is 0.341. The van der Waals surface area contributed by atoms with E-state index in [2.05, 4.69) is 69.0 Å². The molecule has 0 unspecified atom stereocenters. The Morgan fingerprint density at radius 3 is 1.27 bits per heavy atom. The molecule has 24 nitrogen and oxygen atoms in total. The number of halogens is 7. The second-order valence-electron chi connectivity index (χ2n) is 28.6. The number of carbonyl (C=O) groups is 6. The first-order chi connectivity index (χ1) is 53.8. The Labute approximate surface area is 688 Å². The summed E-state index contributed by atoms with van der Waals surface area (Å²) in [7, 11) is -1.00. The van der Waals surface area contributed by atoms with Crippen LogP contribution in [-0.4, -0.2) is 172 Å². The molecule has 0 spiro atoms. The summed E-state index contributed by atoms with van der Waals surface area (Å²) < 4.78 is 26.1. The van der Waals surface area contributed by atoms with Crippen molar-refractivity contribution >= 4 is 161 Å². The van der Waals surface area contributed by atoms with Crippen LogP contribution in [-0.2, 0) is 38.3 Å². The number of alkyl halides is 1. The normalized spacial score (nSPS) is 16.2. The molecule has 6 aromatic carbocycles. The van der Waals surface area contributed by atoms with Crippen LogP contribution in [0.5, 0.6) is 0 Å². The lowest BCUT2D eigenvalue weighted by Gasteiger charge is -2.24. The molecule has 0 aliphatic carbocycles. The number of nitrogens with one attached hydrogen (secondary N) is 3. The van der Waals surface area contributed by atoms with Crippen LogP contribution < -0.4 is 21.7 Å². The molecule has 5 amide bonds. The van der Waals surface area contributed by atoms with E-state index in [1.807, 2.05) is 119 Å². The third-order valence-electron chi connectivity index (χ3n) is 17.4. The van der Waals surface area contributed by atoms with Crippen LogP contribution in [0.3, 0.4) is 0 Å². The van der Waals surface area contributed by atoms with Gasteiger partial charge in [0.25, 0.3) is 5.91 Å². The van der Waals surface area contributed by atoms with Gasteiger partial charge in [-0.3, -0.25) is 18.8 Å². The molecule has 4 saturated heterocycles. The topological polar surface area (TPSA) is 316 Å². The number of carbonyl (C=O) groups excluding carboxylic acids is 5. The molecule has 8 heterocycles. The van der Waals surface area contributed by atoms with Gasteiger partial charge in [0.15, 0.2) is 0 Å². The van der Waals surface area contributed by atoms with E-state index in [9.17, 15) is 33.2 Å². The predicted octanol–water partition coefficient (Wildman–Crippen LogP) is 17.0. The number of nitrogens with two attached hydrogens (primary N) is 1. The summed E-state index contributed by atoms with van der Waals surface area (Å²) in [5.41, 5.74) is 10.3. The molecule has 4 aliphatic rings. The van der Waals surface area contributed by atoms with Crippen molar-refractivity contribution in [1.82, 2.24) is 59.9 Å². The maximum atomic E-state index is 12.8. The number of aromatic carboxylic acids is 1. The lowest BCUT2D eigenvalue weighted by atomic mass is 10.0. The molecular formula is C82H92Cl6FN15O9. The van der Waals surface area contributed by atoms with E-state index in [1.165, 1.54) is 36.8 Å². The number of rotatable bonds is 12. The van der Waals surface area contributed by atoms with E-state index in [4.69, 9.17) is 79.7 Å². The third-order valence-corrected chi connectivity index (χ3v) is 18.5. The maximum absolute atomic E-state index is 12.8. The van der Waals surface area contributed by atoms with Crippen molar-refractivity contribution in [2.45, 2.75) is 104 Å². The van der Waals surface area contributed by atoms with Crippen LogP contribution in [0.15, 0.2) is 171 Å². The molecule has 0 saturated carbocycles. The molecule has 113 heavy (non-hydrogen) atoms. The standard InChI is InChI=1S/C23H21ClN4O2.C18H22ClN3O2.C13H14ClN3.C10H9NO3.C9H18N2O2.C8H4Cl2N2.CH3F.ClH/c1-2-22(29)26-19-6-3-16(4-7-19)23(30)28-10-9-15(14-28)11-21-25-13-17-12-18(24)5-8-20(17)27-21;1-18(2,3)24-17(23)22-7-6-12(11-22)8-16-20-10-13-9-14(19)4-5-15(13)21-16;14-11-1-2-12-10(6-11)8-16-13(17-12)5-9-3-4-15-7-9;1-2-9(12)11-8-5-3-7(4-6-8)10(13)14;1-9(2,3)13-8(12)11-5-4-7(10)6-11;9-6-1-2-7-5(3-6)4-11-8(10)12-7;1-2;/h2-8,12-13,15H,1,9-11,14H2,(H,26,29);4-5,9-10,12H,6-8,11H2,1-3H3;1-2,6,8-9,15H,3-5,7H2;2-6H,1H2,(H,11,12)(H,13,14);7H,4-6,10H2,1-3H3;1-4H;1H3;1H/t15-;12-;9-;;7-;;;/m000.1.../s1/i;;;;;;1D;. The summed E-state index contributed by atoms with van der Waals surface area (Å²) in [5, 5.41) is 23.9. The van der Waals surface area contributed by atoms with Crippen LogP contribution in [0.25, 0.3) is 43.6 Å². The van der Waals surface area contributed by atoms with Crippen LogP contribution in [0.4, 0.5) is 25.4 Å². The van der Waals surface area contributed by atoms with Gasteiger partial charge in [0.05, 0.1) is 36.2 Å². The molecular weight excluding hydrogens is 1570 g/mol. The second-order valence-corrected chi connectivity index (χ2v) is 30.7. The number of nitrogens with zero attached hydrogens (tertiary/aromatic N) is 11. The number of hydrogen-bond acceptors (Lipinski definition) is 18. The first-order valence-electron chi connectivity index (χ1n) is 36.7. The molecule has 0 radical (unpaired) electrons. The van der Waals surface area contributed by atoms with E-state index >= 15 is 0 Å². The monoisotopic (exact) mass is 1660 g/mol. The molecule has 598 valence electrons. The minimum atomic E-state index is -1.00. The fourth-order valence-electron chi connectivity index (χ4n) is 12.0. The van der Waals surface area contributed by atoms with E-state index in [0.717, 1.165) is 137 Å². The van der Waals surface area contributed by atoms with Gasteiger partial charge in [0.1, 0.15) is 28.7 Å². The number of ether oxygens (including phenoxy) is 2.